The Balaban J connectivity index is 1.72. The lowest BCUT2D eigenvalue weighted by Crippen LogP contribution is -2.55. The van der Waals surface area contributed by atoms with Crippen LogP contribution in [0.3, 0.4) is 0 Å². The Kier molecular flexibility index (Phi) is 4.64. The summed E-state index contributed by atoms with van der Waals surface area (Å²) < 4.78 is 1.22. The number of nitrogens with two attached hydrogens (primary N) is 1. The largest absolute Gasteiger partial charge is 0.368 e. The lowest BCUT2D eigenvalue weighted by atomic mass is 9.99. The van der Waals surface area contributed by atoms with E-state index in [1.165, 1.54) is 54.6 Å². The predicted octanol–water partition coefficient (Wildman–Crippen LogP) is 2.62. The van der Waals surface area contributed by atoms with Crippen molar-refractivity contribution in [1.82, 2.24) is 4.90 Å². The van der Waals surface area contributed by atoms with Crippen LogP contribution in [0.15, 0.2) is 22.7 Å². The number of hydrogen-bond donors (Lipinski definition) is 1. The van der Waals surface area contributed by atoms with Gasteiger partial charge < -0.3 is 10.6 Å². The number of anilines is 1. The highest BCUT2D eigenvalue weighted by molar-refractivity contribution is 9.10. The van der Waals surface area contributed by atoms with Crippen LogP contribution in [-0.4, -0.2) is 43.7 Å². The Hall–Kier alpha value is -0.580. The standard InChI is InChI=1S/C16H24BrN3/c17-15-11-13(6-7-18)4-5-16(15)20-10-9-19-8-2-1-3-14(19)12-20/h4-5,11,14H,1-3,6-10,12,18H2. The van der Waals surface area contributed by atoms with Crippen molar-refractivity contribution in [3.8, 4) is 0 Å². The van der Waals surface area contributed by atoms with Crippen LogP contribution in [0.5, 0.6) is 0 Å². The molecule has 2 aliphatic rings. The lowest BCUT2D eigenvalue weighted by Gasteiger charge is -2.45. The van der Waals surface area contributed by atoms with Crippen molar-refractivity contribution in [2.24, 2.45) is 5.73 Å². The molecule has 0 bridgehead atoms. The van der Waals surface area contributed by atoms with Crippen LogP contribution in [-0.2, 0) is 6.42 Å². The predicted molar refractivity (Wildman–Crippen MR) is 88.3 cm³/mol. The summed E-state index contributed by atoms with van der Waals surface area (Å²) in [4.78, 5) is 5.22. The van der Waals surface area contributed by atoms with E-state index in [1.807, 2.05) is 0 Å². The van der Waals surface area contributed by atoms with Crippen LogP contribution in [0.4, 0.5) is 5.69 Å². The highest BCUT2D eigenvalue weighted by Gasteiger charge is 2.29. The summed E-state index contributed by atoms with van der Waals surface area (Å²) in [5.41, 5.74) is 8.30. The second-order valence-corrected chi connectivity index (χ2v) is 6.81. The highest BCUT2D eigenvalue weighted by atomic mass is 79.9. The number of piperidine rings is 1. The third-order valence-electron chi connectivity index (χ3n) is 4.62. The van der Waals surface area contributed by atoms with Gasteiger partial charge >= 0.3 is 0 Å². The molecule has 2 N–H and O–H groups in total. The second kappa shape index (κ2) is 6.46. The molecule has 20 heavy (non-hydrogen) atoms. The maximum absolute atomic E-state index is 5.63. The van der Waals surface area contributed by atoms with Gasteiger partial charge in [0.15, 0.2) is 0 Å². The van der Waals surface area contributed by atoms with Gasteiger partial charge in [-0.2, -0.15) is 0 Å². The first-order chi connectivity index (χ1) is 9.78. The van der Waals surface area contributed by atoms with Crippen molar-refractivity contribution in [2.75, 3.05) is 37.6 Å². The van der Waals surface area contributed by atoms with Crippen molar-refractivity contribution in [3.05, 3.63) is 28.2 Å². The average molecular weight is 338 g/mol. The van der Waals surface area contributed by atoms with Gasteiger partial charge in [0.25, 0.3) is 0 Å². The zero-order valence-corrected chi connectivity index (χ0v) is 13.6. The molecular formula is C16H24BrN3. The topological polar surface area (TPSA) is 32.5 Å². The van der Waals surface area contributed by atoms with E-state index in [9.17, 15) is 0 Å². The maximum Gasteiger partial charge on any atom is 0.0511 e. The summed E-state index contributed by atoms with van der Waals surface area (Å²) >= 11 is 3.74. The maximum atomic E-state index is 5.63. The van der Waals surface area contributed by atoms with E-state index in [4.69, 9.17) is 5.73 Å². The number of nitrogens with zero attached hydrogens (tertiary/aromatic N) is 2. The first kappa shape index (κ1) is 14.4. The molecule has 3 rings (SSSR count). The van der Waals surface area contributed by atoms with Crippen LogP contribution in [0.25, 0.3) is 0 Å². The number of piperazine rings is 1. The summed E-state index contributed by atoms with van der Waals surface area (Å²) in [5, 5.41) is 0. The van der Waals surface area contributed by atoms with E-state index in [0.717, 1.165) is 19.0 Å². The van der Waals surface area contributed by atoms with E-state index in [1.54, 1.807) is 0 Å². The van der Waals surface area contributed by atoms with Crippen molar-refractivity contribution < 1.29 is 0 Å². The number of benzene rings is 1. The third kappa shape index (κ3) is 3.02. The molecule has 1 unspecified atom stereocenters. The fourth-order valence-electron chi connectivity index (χ4n) is 3.50. The monoisotopic (exact) mass is 337 g/mol. The van der Waals surface area contributed by atoms with Crippen LogP contribution in [0.2, 0.25) is 0 Å². The summed E-state index contributed by atoms with van der Waals surface area (Å²) in [6.45, 7) is 5.55. The van der Waals surface area contributed by atoms with E-state index in [-0.39, 0.29) is 0 Å². The van der Waals surface area contributed by atoms with E-state index >= 15 is 0 Å². The molecule has 110 valence electrons. The third-order valence-corrected chi connectivity index (χ3v) is 5.26. The second-order valence-electron chi connectivity index (χ2n) is 5.96. The molecule has 3 nitrogen and oxygen atoms in total. The first-order valence-electron chi connectivity index (χ1n) is 7.75. The van der Waals surface area contributed by atoms with E-state index in [2.05, 4.69) is 43.9 Å². The van der Waals surface area contributed by atoms with E-state index in [0.29, 0.717) is 6.54 Å². The van der Waals surface area contributed by atoms with Crippen molar-refractivity contribution in [3.63, 3.8) is 0 Å². The van der Waals surface area contributed by atoms with Gasteiger partial charge in [-0.1, -0.05) is 12.5 Å². The van der Waals surface area contributed by atoms with Crippen LogP contribution in [0, 0.1) is 0 Å². The smallest absolute Gasteiger partial charge is 0.0511 e. The minimum Gasteiger partial charge on any atom is -0.368 e. The van der Waals surface area contributed by atoms with Gasteiger partial charge in [0.2, 0.25) is 0 Å². The zero-order valence-electron chi connectivity index (χ0n) is 12.0. The Bertz CT molecular complexity index is 463. The Morgan fingerprint density at radius 2 is 2.10 bits per heavy atom. The molecule has 2 aliphatic heterocycles. The van der Waals surface area contributed by atoms with Gasteiger partial charge in [-0.15, -0.1) is 0 Å². The molecule has 0 saturated carbocycles. The molecule has 2 saturated heterocycles. The fourth-order valence-corrected chi connectivity index (χ4v) is 4.18. The molecular weight excluding hydrogens is 314 g/mol. The van der Waals surface area contributed by atoms with Crippen molar-refractivity contribution >= 4 is 21.6 Å². The van der Waals surface area contributed by atoms with Gasteiger partial charge in [-0.3, -0.25) is 4.90 Å². The fraction of sp³-hybridized carbons (Fsp3) is 0.625. The molecule has 0 aliphatic carbocycles. The Morgan fingerprint density at radius 1 is 1.20 bits per heavy atom. The quantitative estimate of drug-likeness (QED) is 0.920. The molecule has 0 aromatic heterocycles. The molecule has 1 aromatic rings. The molecule has 0 amide bonds. The summed E-state index contributed by atoms with van der Waals surface area (Å²) in [6.07, 6.45) is 5.09. The molecule has 2 heterocycles. The molecule has 1 atom stereocenters. The van der Waals surface area contributed by atoms with E-state index < -0.39 is 0 Å². The van der Waals surface area contributed by atoms with Crippen molar-refractivity contribution in [1.29, 1.82) is 0 Å². The van der Waals surface area contributed by atoms with Gasteiger partial charge in [-0.05, 0) is 66.0 Å². The molecule has 2 fully saturated rings. The lowest BCUT2D eigenvalue weighted by molar-refractivity contribution is 0.133. The van der Waals surface area contributed by atoms with Gasteiger partial charge in [0.1, 0.15) is 0 Å². The molecule has 4 heteroatoms. The van der Waals surface area contributed by atoms with Gasteiger partial charge in [0, 0.05) is 30.1 Å². The summed E-state index contributed by atoms with van der Waals surface area (Å²) in [6, 6.07) is 7.47. The highest BCUT2D eigenvalue weighted by Crippen LogP contribution is 2.31. The summed E-state index contributed by atoms with van der Waals surface area (Å²) in [5.74, 6) is 0. The normalized spacial score (nSPS) is 23.7. The Morgan fingerprint density at radius 3 is 2.90 bits per heavy atom. The zero-order chi connectivity index (χ0) is 13.9. The number of hydrogen-bond acceptors (Lipinski definition) is 3. The van der Waals surface area contributed by atoms with Crippen molar-refractivity contribution in [2.45, 2.75) is 31.7 Å². The Labute approximate surface area is 130 Å². The first-order valence-corrected chi connectivity index (χ1v) is 8.55. The minimum atomic E-state index is 0.715. The van der Waals surface area contributed by atoms with Gasteiger partial charge in [-0.25, -0.2) is 0 Å². The molecule has 0 radical (unpaired) electrons. The molecule has 1 aromatic carbocycles. The number of halogens is 1. The molecule has 0 spiro atoms. The van der Waals surface area contributed by atoms with Crippen LogP contribution >= 0.6 is 15.9 Å². The minimum absolute atomic E-state index is 0.715. The average Bonchev–Trinajstić information content (AvgIpc) is 2.47. The summed E-state index contributed by atoms with van der Waals surface area (Å²) in [7, 11) is 0. The van der Waals surface area contributed by atoms with Crippen LogP contribution in [0.1, 0.15) is 24.8 Å². The number of rotatable bonds is 3. The van der Waals surface area contributed by atoms with Crippen LogP contribution < -0.4 is 10.6 Å². The van der Waals surface area contributed by atoms with Gasteiger partial charge in [0.05, 0.1) is 5.69 Å². The SMILES string of the molecule is NCCc1ccc(N2CCN3CCCCC3C2)c(Br)c1. The number of fused-ring (bicyclic) bond motifs is 1.